The minimum Gasteiger partial charge on any atom is -0.481 e. The summed E-state index contributed by atoms with van der Waals surface area (Å²) in [5.41, 5.74) is 0.467. The summed E-state index contributed by atoms with van der Waals surface area (Å²) in [6, 6.07) is 2.60. The van der Waals surface area contributed by atoms with Crippen LogP contribution in [0.2, 0.25) is 0 Å². The Hall–Kier alpha value is -0.690. The molecule has 0 aliphatic heterocycles. The van der Waals surface area contributed by atoms with Crippen LogP contribution >= 0.6 is 31.9 Å². The number of alkyl halides is 2. The van der Waals surface area contributed by atoms with Gasteiger partial charge < -0.3 is 9.84 Å². The van der Waals surface area contributed by atoms with Crippen LogP contribution < -0.4 is 4.74 Å². The number of halogens is 4. The zero-order valence-electron chi connectivity index (χ0n) is 7.71. The largest absolute Gasteiger partial charge is 0.481 e. The van der Waals surface area contributed by atoms with Crippen molar-refractivity contribution in [1.29, 1.82) is 0 Å². The molecule has 1 aromatic rings. The number of rotatable bonds is 4. The SMILES string of the molecule is O=C(O)Cc1c(Br)cc(OC(F)F)cc1Br. The number of hydrogen-bond donors (Lipinski definition) is 1. The highest BCUT2D eigenvalue weighted by atomic mass is 79.9. The number of carbonyl (C=O) groups is 1. The third-order valence-electron chi connectivity index (χ3n) is 1.67. The van der Waals surface area contributed by atoms with E-state index in [0.717, 1.165) is 0 Å². The molecule has 0 saturated carbocycles. The smallest absolute Gasteiger partial charge is 0.387 e. The first-order chi connectivity index (χ1) is 7.40. The van der Waals surface area contributed by atoms with Crippen molar-refractivity contribution in [2.75, 3.05) is 0 Å². The first-order valence-corrected chi connectivity index (χ1v) is 5.63. The standard InChI is InChI=1S/C9H6Br2F2O3/c10-6-1-4(16-9(12)13)2-7(11)5(6)3-8(14)15/h1-2,9H,3H2,(H,14,15). The predicted octanol–water partition coefficient (Wildman–Crippen LogP) is 3.44. The molecule has 16 heavy (non-hydrogen) atoms. The van der Waals surface area contributed by atoms with Crippen LogP contribution in [0.1, 0.15) is 5.56 Å². The van der Waals surface area contributed by atoms with Gasteiger partial charge in [-0.2, -0.15) is 8.78 Å². The fourth-order valence-electron chi connectivity index (χ4n) is 1.07. The number of carboxylic acid groups (broad SMARTS) is 1. The summed E-state index contributed by atoms with van der Waals surface area (Å²) in [5.74, 6) is -1.05. The van der Waals surface area contributed by atoms with E-state index in [0.29, 0.717) is 14.5 Å². The molecule has 0 radical (unpaired) electrons. The molecular weight excluding hydrogens is 354 g/mol. The molecule has 0 aliphatic carbocycles. The lowest BCUT2D eigenvalue weighted by Gasteiger charge is -2.09. The van der Waals surface area contributed by atoms with Crippen LogP contribution in [0.15, 0.2) is 21.1 Å². The molecule has 3 nitrogen and oxygen atoms in total. The first kappa shape index (κ1) is 13.4. The Kier molecular flexibility index (Phi) is 4.67. The lowest BCUT2D eigenvalue weighted by Crippen LogP contribution is -2.05. The van der Waals surface area contributed by atoms with Crippen molar-refractivity contribution in [3.8, 4) is 5.75 Å². The quantitative estimate of drug-likeness (QED) is 0.895. The molecule has 1 rings (SSSR count). The molecule has 0 aliphatic rings. The van der Waals surface area contributed by atoms with Crippen molar-refractivity contribution in [2.24, 2.45) is 0 Å². The minimum absolute atomic E-state index is 0.0390. The molecule has 0 unspecified atom stereocenters. The topological polar surface area (TPSA) is 46.5 Å². The number of ether oxygens (including phenoxy) is 1. The van der Waals surface area contributed by atoms with Crippen LogP contribution in [-0.2, 0) is 11.2 Å². The van der Waals surface area contributed by atoms with Gasteiger partial charge in [-0.05, 0) is 17.7 Å². The van der Waals surface area contributed by atoms with Crippen molar-refractivity contribution in [2.45, 2.75) is 13.0 Å². The number of aliphatic carboxylic acids is 1. The molecule has 0 spiro atoms. The van der Waals surface area contributed by atoms with E-state index < -0.39 is 12.6 Å². The van der Waals surface area contributed by atoms with Gasteiger partial charge in [-0.15, -0.1) is 0 Å². The summed E-state index contributed by atoms with van der Waals surface area (Å²) >= 11 is 6.20. The van der Waals surface area contributed by atoms with Gasteiger partial charge in [-0.1, -0.05) is 31.9 Å². The van der Waals surface area contributed by atoms with E-state index in [1.165, 1.54) is 12.1 Å². The Bertz CT molecular complexity index is 387. The molecule has 0 saturated heterocycles. The van der Waals surface area contributed by atoms with Crippen LogP contribution in [0.3, 0.4) is 0 Å². The Morgan fingerprint density at radius 2 is 1.88 bits per heavy atom. The van der Waals surface area contributed by atoms with Gasteiger partial charge in [-0.3, -0.25) is 4.79 Å². The normalized spacial score (nSPS) is 10.6. The fourth-order valence-corrected chi connectivity index (χ4v) is 2.50. The summed E-state index contributed by atoms with van der Waals surface area (Å²) < 4.78 is 28.9. The van der Waals surface area contributed by atoms with Crippen molar-refractivity contribution in [3.63, 3.8) is 0 Å². The molecule has 1 aromatic carbocycles. The van der Waals surface area contributed by atoms with E-state index in [4.69, 9.17) is 5.11 Å². The van der Waals surface area contributed by atoms with Crippen molar-refractivity contribution in [1.82, 2.24) is 0 Å². The van der Waals surface area contributed by atoms with Crippen LogP contribution in [0.25, 0.3) is 0 Å². The summed E-state index contributed by atoms with van der Waals surface area (Å²) in [5, 5.41) is 8.64. The van der Waals surface area contributed by atoms with Crippen molar-refractivity contribution >= 4 is 37.8 Å². The van der Waals surface area contributed by atoms with E-state index >= 15 is 0 Å². The number of benzene rings is 1. The molecule has 0 fully saturated rings. The van der Waals surface area contributed by atoms with Crippen molar-refractivity contribution < 1.29 is 23.4 Å². The highest BCUT2D eigenvalue weighted by molar-refractivity contribution is 9.11. The van der Waals surface area contributed by atoms with Gasteiger partial charge in [0.15, 0.2) is 0 Å². The van der Waals surface area contributed by atoms with Gasteiger partial charge in [-0.25, -0.2) is 0 Å². The zero-order valence-corrected chi connectivity index (χ0v) is 10.9. The molecule has 0 bridgehead atoms. The second-order valence-electron chi connectivity index (χ2n) is 2.81. The van der Waals surface area contributed by atoms with Crippen LogP contribution in [0.5, 0.6) is 5.75 Å². The Morgan fingerprint density at radius 3 is 2.25 bits per heavy atom. The maximum absolute atomic E-state index is 11.9. The summed E-state index contributed by atoms with van der Waals surface area (Å²) in [4.78, 5) is 10.5. The van der Waals surface area contributed by atoms with Crippen LogP contribution in [-0.4, -0.2) is 17.7 Å². The van der Waals surface area contributed by atoms with Crippen LogP contribution in [0, 0.1) is 0 Å². The number of carboxylic acids is 1. The fraction of sp³-hybridized carbons (Fsp3) is 0.222. The lowest BCUT2D eigenvalue weighted by atomic mass is 10.1. The van der Waals surface area contributed by atoms with Gasteiger partial charge in [0.25, 0.3) is 0 Å². The minimum atomic E-state index is -2.91. The molecule has 0 heterocycles. The van der Waals surface area contributed by atoms with Gasteiger partial charge in [0, 0.05) is 8.95 Å². The predicted molar refractivity (Wildman–Crippen MR) is 59.8 cm³/mol. The molecule has 0 atom stereocenters. The highest BCUT2D eigenvalue weighted by Gasteiger charge is 2.13. The maximum Gasteiger partial charge on any atom is 0.387 e. The van der Waals surface area contributed by atoms with Gasteiger partial charge in [0.2, 0.25) is 0 Å². The Balaban J connectivity index is 3.02. The van der Waals surface area contributed by atoms with Gasteiger partial charge in [0.1, 0.15) is 5.75 Å². The van der Waals surface area contributed by atoms with Gasteiger partial charge >= 0.3 is 12.6 Å². The van der Waals surface area contributed by atoms with Crippen LogP contribution in [0.4, 0.5) is 8.78 Å². The average molecular weight is 360 g/mol. The monoisotopic (exact) mass is 358 g/mol. The van der Waals surface area contributed by atoms with E-state index in [-0.39, 0.29) is 12.2 Å². The molecule has 7 heteroatoms. The summed E-state index contributed by atoms with van der Waals surface area (Å²) in [7, 11) is 0. The van der Waals surface area contributed by atoms with Crippen molar-refractivity contribution in [3.05, 3.63) is 26.6 Å². The number of hydrogen-bond acceptors (Lipinski definition) is 2. The molecule has 1 N–H and O–H groups in total. The summed E-state index contributed by atoms with van der Waals surface area (Å²) in [6.45, 7) is -2.91. The van der Waals surface area contributed by atoms with E-state index in [2.05, 4.69) is 36.6 Å². The maximum atomic E-state index is 11.9. The lowest BCUT2D eigenvalue weighted by molar-refractivity contribution is -0.136. The Labute approximate surface area is 107 Å². The van der Waals surface area contributed by atoms with E-state index in [1.54, 1.807) is 0 Å². The second-order valence-corrected chi connectivity index (χ2v) is 4.52. The average Bonchev–Trinajstić information content (AvgIpc) is 2.10. The highest BCUT2D eigenvalue weighted by Crippen LogP contribution is 2.31. The molecule has 0 amide bonds. The third-order valence-corrected chi connectivity index (χ3v) is 3.08. The first-order valence-electron chi connectivity index (χ1n) is 4.04. The molecular formula is C9H6Br2F2O3. The zero-order chi connectivity index (χ0) is 12.3. The molecule has 0 aromatic heterocycles. The Morgan fingerprint density at radius 1 is 1.38 bits per heavy atom. The third kappa shape index (κ3) is 3.71. The molecule has 88 valence electrons. The van der Waals surface area contributed by atoms with E-state index in [9.17, 15) is 13.6 Å². The summed E-state index contributed by atoms with van der Waals surface area (Å²) in [6.07, 6.45) is -0.212. The van der Waals surface area contributed by atoms with Gasteiger partial charge in [0.05, 0.1) is 6.42 Å². The van der Waals surface area contributed by atoms with E-state index in [1.807, 2.05) is 0 Å². The second kappa shape index (κ2) is 5.58.